The zero-order valence-electron chi connectivity index (χ0n) is 19.9. The average Bonchev–Trinajstić information content (AvgIpc) is 3.64. The maximum atomic E-state index is 14.3. The minimum Gasteiger partial charge on any atom is -0.396 e. The minimum atomic E-state index is -0.565. The van der Waals surface area contributed by atoms with E-state index in [-0.39, 0.29) is 30.5 Å². The average molecular weight is 501 g/mol. The number of halogens is 2. The summed E-state index contributed by atoms with van der Waals surface area (Å²) >= 11 is 12.7. The number of piperidine rings is 1. The third-order valence-electron chi connectivity index (χ3n) is 7.65. The summed E-state index contributed by atoms with van der Waals surface area (Å²) in [6, 6.07) is 15.7. The zero-order chi connectivity index (χ0) is 24.3. The molecule has 1 amide bonds. The smallest absolute Gasteiger partial charge is 0.229 e. The van der Waals surface area contributed by atoms with Gasteiger partial charge in [0.15, 0.2) is 0 Å². The fourth-order valence-electron chi connectivity index (χ4n) is 5.69. The number of hydrogen-bond acceptors (Lipinski definition) is 2. The van der Waals surface area contributed by atoms with Crippen LogP contribution in [-0.2, 0) is 4.79 Å². The van der Waals surface area contributed by atoms with Gasteiger partial charge in [0.2, 0.25) is 5.91 Å². The molecule has 5 heteroatoms. The Balaban J connectivity index is 1.84. The molecule has 2 aliphatic rings. The van der Waals surface area contributed by atoms with Gasteiger partial charge in [-0.3, -0.25) is 4.79 Å². The molecule has 1 aliphatic heterocycles. The molecule has 0 aromatic heterocycles. The summed E-state index contributed by atoms with van der Waals surface area (Å²) < 4.78 is 0. The molecule has 2 aromatic carbocycles. The lowest BCUT2D eigenvalue weighted by Gasteiger charge is -2.52. The Kier molecular flexibility index (Phi) is 8.07. The van der Waals surface area contributed by atoms with Gasteiger partial charge in [0, 0.05) is 28.6 Å². The highest BCUT2D eigenvalue weighted by molar-refractivity contribution is 6.30. The molecule has 4 rings (SSSR count). The molecule has 3 nitrogen and oxygen atoms in total. The lowest BCUT2D eigenvalue weighted by molar-refractivity contribution is -0.155. The molecule has 0 spiro atoms. The van der Waals surface area contributed by atoms with Crippen LogP contribution in [0, 0.1) is 11.3 Å². The van der Waals surface area contributed by atoms with Gasteiger partial charge in [-0.1, -0.05) is 73.3 Å². The summed E-state index contributed by atoms with van der Waals surface area (Å²) in [5, 5.41) is 11.4. The molecule has 0 unspecified atom stereocenters. The van der Waals surface area contributed by atoms with Gasteiger partial charge in [0.25, 0.3) is 0 Å². The Bertz CT molecular complexity index is 1000. The second kappa shape index (κ2) is 10.8. The SMILES string of the molecule is C=CC[C@@]1(C)C[C@H](c2cccc(Cl)c2)[C@@H](c2ccc(Cl)cc2)N([C@H](CCO)CCC2CC2)C1=O. The van der Waals surface area contributed by atoms with Crippen molar-refractivity contribution in [3.63, 3.8) is 0 Å². The van der Waals surface area contributed by atoms with Crippen molar-refractivity contribution in [2.75, 3.05) is 6.61 Å². The normalized spacial score (nSPS) is 25.9. The van der Waals surface area contributed by atoms with Crippen LogP contribution in [0.1, 0.15) is 75.0 Å². The van der Waals surface area contributed by atoms with E-state index in [1.165, 1.54) is 12.8 Å². The predicted molar refractivity (Wildman–Crippen MR) is 140 cm³/mol. The van der Waals surface area contributed by atoms with E-state index in [0.29, 0.717) is 29.3 Å². The number of amides is 1. The molecule has 1 N–H and O–H groups in total. The minimum absolute atomic E-state index is 0.0232. The fourth-order valence-corrected chi connectivity index (χ4v) is 6.02. The largest absolute Gasteiger partial charge is 0.396 e. The first kappa shape index (κ1) is 25.3. The van der Waals surface area contributed by atoms with Crippen LogP contribution in [-0.4, -0.2) is 28.6 Å². The number of rotatable bonds is 10. The van der Waals surface area contributed by atoms with Gasteiger partial charge in [0.05, 0.1) is 11.5 Å². The maximum absolute atomic E-state index is 14.3. The van der Waals surface area contributed by atoms with Crippen molar-refractivity contribution in [3.8, 4) is 0 Å². The Morgan fingerprint density at radius 1 is 1.12 bits per heavy atom. The number of carbonyl (C=O) groups is 1. The van der Waals surface area contributed by atoms with Crippen molar-refractivity contribution in [1.29, 1.82) is 0 Å². The molecule has 4 atom stereocenters. The first-order valence-corrected chi connectivity index (χ1v) is 13.2. The molecule has 34 heavy (non-hydrogen) atoms. The lowest BCUT2D eigenvalue weighted by atomic mass is 9.67. The van der Waals surface area contributed by atoms with E-state index < -0.39 is 5.41 Å². The van der Waals surface area contributed by atoms with E-state index in [1.54, 1.807) is 0 Å². The number of likely N-dealkylation sites (tertiary alicyclic amines) is 1. The van der Waals surface area contributed by atoms with Crippen LogP contribution >= 0.6 is 23.2 Å². The van der Waals surface area contributed by atoms with Crippen LogP contribution in [0.25, 0.3) is 0 Å². The number of nitrogens with zero attached hydrogens (tertiary/aromatic N) is 1. The van der Waals surface area contributed by atoms with E-state index in [4.69, 9.17) is 23.2 Å². The fraction of sp³-hybridized carbons (Fsp3) is 0.483. The Labute approximate surface area is 213 Å². The first-order chi connectivity index (χ1) is 16.4. The second-order valence-corrected chi connectivity index (χ2v) is 11.2. The van der Waals surface area contributed by atoms with Gasteiger partial charge in [-0.25, -0.2) is 0 Å². The standard InChI is InChI=1S/C29H35Cl2NO2/c1-3-16-29(2)19-26(22-5-4-6-24(31)18-22)27(21-10-12-23(30)13-11-21)32(28(29)34)25(15-17-33)14-9-20-7-8-20/h3-6,10-13,18,20,25-27,33H,1,7-9,14-17,19H2,2H3/t25-,26+,27+,29-/m0/s1. The van der Waals surface area contributed by atoms with Crippen LogP contribution in [0.4, 0.5) is 0 Å². The molecular weight excluding hydrogens is 465 g/mol. The van der Waals surface area contributed by atoms with Crippen LogP contribution in [0.15, 0.2) is 61.2 Å². The van der Waals surface area contributed by atoms with Crippen molar-refractivity contribution in [1.82, 2.24) is 4.90 Å². The van der Waals surface area contributed by atoms with Gasteiger partial charge < -0.3 is 10.0 Å². The monoisotopic (exact) mass is 499 g/mol. The maximum Gasteiger partial charge on any atom is 0.229 e. The summed E-state index contributed by atoms with van der Waals surface area (Å²) in [5.41, 5.74) is 1.63. The Hall–Kier alpha value is -1.81. The van der Waals surface area contributed by atoms with Crippen LogP contribution in [0.5, 0.6) is 0 Å². The summed E-state index contributed by atoms with van der Waals surface area (Å²) in [5.74, 6) is 0.975. The topological polar surface area (TPSA) is 40.5 Å². The number of allylic oxidation sites excluding steroid dienone is 1. The number of aliphatic hydroxyl groups excluding tert-OH is 1. The Morgan fingerprint density at radius 2 is 1.85 bits per heavy atom. The van der Waals surface area contributed by atoms with Crippen LogP contribution in [0.3, 0.4) is 0 Å². The van der Waals surface area contributed by atoms with E-state index in [9.17, 15) is 9.90 Å². The van der Waals surface area contributed by atoms with Crippen molar-refractivity contribution in [2.45, 2.75) is 69.9 Å². The first-order valence-electron chi connectivity index (χ1n) is 12.4. The van der Waals surface area contributed by atoms with Crippen molar-refractivity contribution >= 4 is 29.1 Å². The summed E-state index contributed by atoms with van der Waals surface area (Å²) in [6.07, 6.45) is 8.32. The molecule has 1 heterocycles. The predicted octanol–water partition coefficient (Wildman–Crippen LogP) is 7.57. The lowest BCUT2D eigenvalue weighted by Crippen LogP contribution is -2.55. The van der Waals surface area contributed by atoms with E-state index >= 15 is 0 Å². The number of carbonyl (C=O) groups excluding carboxylic acids is 1. The van der Waals surface area contributed by atoms with Crippen LogP contribution in [0.2, 0.25) is 10.0 Å². The molecule has 1 aliphatic carbocycles. The number of benzene rings is 2. The van der Waals surface area contributed by atoms with E-state index in [1.807, 2.05) is 48.5 Å². The zero-order valence-corrected chi connectivity index (χ0v) is 21.4. The highest BCUT2D eigenvalue weighted by Gasteiger charge is 2.51. The van der Waals surface area contributed by atoms with Gasteiger partial charge in [-0.15, -0.1) is 6.58 Å². The highest BCUT2D eigenvalue weighted by Crippen LogP contribution is 2.52. The van der Waals surface area contributed by atoms with E-state index in [2.05, 4.69) is 24.5 Å². The Morgan fingerprint density at radius 3 is 2.47 bits per heavy atom. The molecule has 1 saturated heterocycles. The third kappa shape index (κ3) is 5.53. The summed E-state index contributed by atoms with van der Waals surface area (Å²) in [6.45, 7) is 6.09. The quantitative estimate of drug-likeness (QED) is 0.342. The molecule has 2 aromatic rings. The van der Waals surface area contributed by atoms with Gasteiger partial charge in [-0.05, 0) is 73.4 Å². The number of hydrogen-bond donors (Lipinski definition) is 1. The third-order valence-corrected chi connectivity index (χ3v) is 8.13. The van der Waals surface area contributed by atoms with Gasteiger partial charge >= 0.3 is 0 Å². The molecule has 0 bridgehead atoms. The second-order valence-electron chi connectivity index (χ2n) is 10.3. The molecular formula is C29H35Cl2NO2. The highest BCUT2D eigenvalue weighted by atomic mass is 35.5. The van der Waals surface area contributed by atoms with Crippen LogP contribution < -0.4 is 0 Å². The molecule has 182 valence electrons. The van der Waals surface area contributed by atoms with E-state index in [0.717, 1.165) is 29.9 Å². The van der Waals surface area contributed by atoms with Gasteiger partial charge in [0.1, 0.15) is 0 Å². The summed E-state index contributed by atoms with van der Waals surface area (Å²) in [7, 11) is 0. The summed E-state index contributed by atoms with van der Waals surface area (Å²) in [4.78, 5) is 16.4. The van der Waals surface area contributed by atoms with Crippen molar-refractivity contribution in [2.24, 2.45) is 11.3 Å². The van der Waals surface area contributed by atoms with Crippen molar-refractivity contribution in [3.05, 3.63) is 82.4 Å². The van der Waals surface area contributed by atoms with Gasteiger partial charge in [-0.2, -0.15) is 0 Å². The molecule has 0 radical (unpaired) electrons. The molecule has 1 saturated carbocycles. The van der Waals surface area contributed by atoms with Crippen molar-refractivity contribution < 1.29 is 9.90 Å². The molecule has 2 fully saturated rings. The number of aliphatic hydroxyl groups is 1.